The van der Waals surface area contributed by atoms with E-state index in [1.807, 2.05) is 30.3 Å². The van der Waals surface area contributed by atoms with Gasteiger partial charge >= 0.3 is 0 Å². The van der Waals surface area contributed by atoms with Gasteiger partial charge in [0.25, 0.3) is 0 Å². The molecule has 18 aromatic rings. The third kappa shape index (κ3) is 10.9. The lowest BCUT2D eigenvalue weighted by atomic mass is 9.85. The summed E-state index contributed by atoms with van der Waals surface area (Å²) < 4.78 is 7.26. The molecule has 0 bridgehead atoms. The monoisotopic (exact) mass is 1300 g/mol. The highest BCUT2D eigenvalue weighted by atomic mass is 15.0. The van der Waals surface area contributed by atoms with E-state index in [1.165, 1.54) is 43.7 Å². The Morgan fingerprint density at radius 1 is 0.198 bits per heavy atom. The molecule has 0 aliphatic rings. The SMILES string of the molecule is CC(C)(C)c1ccc2c(c1)c1cc(C(C)(C)C)ccc1n2-c1ccc(-c2cccc(-c3nc(-c4ccccc4)cc(-c4ccc(-c5ccc6c(c5)c5ccccc5n6-c5cc(-c6cc(-c7ccccc7)nc(-c7ccccc7)n6)cc(-n6c7ccccc7c7ccccc76)c5)cc4)n3)c2)cc1. The van der Waals surface area contributed by atoms with Crippen LogP contribution in [0.15, 0.2) is 322 Å². The van der Waals surface area contributed by atoms with Crippen LogP contribution in [0.3, 0.4) is 0 Å². The summed E-state index contributed by atoms with van der Waals surface area (Å²) in [6.07, 6.45) is 0. The van der Waals surface area contributed by atoms with Gasteiger partial charge in [-0.25, -0.2) is 19.9 Å². The van der Waals surface area contributed by atoms with Crippen molar-refractivity contribution >= 4 is 65.4 Å². The zero-order valence-corrected chi connectivity index (χ0v) is 57.2. The predicted molar refractivity (Wildman–Crippen MR) is 422 cm³/mol. The van der Waals surface area contributed by atoms with Crippen molar-refractivity contribution < 1.29 is 0 Å². The lowest BCUT2D eigenvalue weighted by Gasteiger charge is -2.19. The maximum absolute atomic E-state index is 5.41. The number of fused-ring (bicyclic) bond motifs is 9. The van der Waals surface area contributed by atoms with Crippen LogP contribution in [0.1, 0.15) is 52.7 Å². The summed E-state index contributed by atoms with van der Waals surface area (Å²) in [5.41, 5.74) is 26.5. The van der Waals surface area contributed by atoms with E-state index in [9.17, 15) is 0 Å². The Hall–Kier alpha value is -12.6. The molecule has 0 radical (unpaired) electrons. The van der Waals surface area contributed by atoms with E-state index in [1.54, 1.807) is 0 Å². The van der Waals surface area contributed by atoms with Crippen molar-refractivity contribution in [1.29, 1.82) is 0 Å². The first-order chi connectivity index (χ1) is 49.3. The quantitative estimate of drug-likeness (QED) is 0.129. The van der Waals surface area contributed by atoms with Crippen LogP contribution >= 0.6 is 0 Å². The molecule has 0 saturated carbocycles. The molecule has 5 heterocycles. The van der Waals surface area contributed by atoms with Gasteiger partial charge in [-0.15, -0.1) is 0 Å². The molecular formula is C94H71N7. The lowest BCUT2D eigenvalue weighted by Crippen LogP contribution is -2.10. The Kier molecular flexibility index (Phi) is 14.5. The molecule has 0 atom stereocenters. The van der Waals surface area contributed by atoms with Gasteiger partial charge in [0.05, 0.1) is 55.9 Å². The lowest BCUT2D eigenvalue weighted by molar-refractivity contribution is 0.590. The van der Waals surface area contributed by atoms with Gasteiger partial charge in [-0.1, -0.05) is 260 Å². The van der Waals surface area contributed by atoms with Gasteiger partial charge in [-0.2, -0.15) is 0 Å². The van der Waals surface area contributed by atoms with Crippen molar-refractivity contribution in [1.82, 2.24) is 33.6 Å². The summed E-state index contributed by atoms with van der Waals surface area (Å²) in [6.45, 7) is 13.8. The molecule has 482 valence electrons. The number of rotatable bonds is 11. The van der Waals surface area contributed by atoms with Crippen LogP contribution in [0.5, 0.6) is 0 Å². The highest BCUT2D eigenvalue weighted by Crippen LogP contribution is 2.43. The van der Waals surface area contributed by atoms with Crippen molar-refractivity contribution in [3.63, 3.8) is 0 Å². The van der Waals surface area contributed by atoms with Crippen LogP contribution in [0.25, 0.3) is 173 Å². The summed E-state index contributed by atoms with van der Waals surface area (Å²) in [4.78, 5) is 21.3. The van der Waals surface area contributed by atoms with Gasteiger partial charge in [0.15, 0.2) is 11.6 Å². The minimum atomic E-state index is 0.0273. The molecule has 7 nitrogen and oxygen atoms in total. The predicted octanol–water partition coefficient (Wildman–Crippen LogP) is 24.5. The summed E-state index contributed by atoms with van der Waals surface area (Å²) >= 11 is 0. The van der Waals surface area contributed by atoms with E-state index in [0.717, 1.165) is 128 Å². The molecule has 0 spiro atoms. The number of aromatic nitrogens is 7. The van der Waals surface area contributed by atoms with E-state index in [0.29, 0.717) is 11.6 Å². The van der Waals surface area contributed by atoms with E-state index in [-0.39, 0.29) is 10.8 Å². The van der Waals surface area contributed by atoms with Crippen LogP contribution in [-0.2, 0) is 10.8 Å². The third-order valence-electron chi connectivity index (χ3n) is 20.2. The highest BCUT2D eigenvalue weighted by molar-refractivity contribution is 6.12. The second-order valence-corrected chi connectivity index (χ2v) is 28.7. The van der Waals surface area contributed by atoms with E-state index >= 15 is 0 Å². The highest BCUT2D eigenvalue weighted by Gasteiger charge is 2.24. The Morgan fingerprint density at radius 2 is 0.525 bits per heavy atom. The van der Waals surface area contributed by atoms with Crippen LogP contribution in [-0.4, -0.2) is 33.6 Å². The van der Waals surface area contributed by atoms with Crippen LogP contribution in [0.2, 0.25) is 0 Å². The van der Waals surface area contributed by atoms with Crippen molar-refractivity contribution in [2.24, 2.45) is 0 Å². The van der Waals surface area contributed by atoms with Crippen LogP contribution in [0.4, 0.5) is 0 Å². The fourth-order valence-electron chi connectivity index (χ4n) is 14.9. The van der Waals surface area contributed by atoms with Crippen molar-refractivity contribution in [2.75, 3.05) is 0 Å². The molecule has 0 saturated heterocycles. The van der Waals surface area contributed by atoms with Gasteiger partial charge in [0.2, 0.25) is 0 Å². The molecule has 101 heavy (non-hydrogen) atoms. The number of hydrogen-bond acceptors (Lipinski definition) is 4. The Bertz CT molecular complexity index is 6060. The zero-order valence-electron chi connectivity index (χ0n) is 57.2. The molecule has 0 unspecified atom stereocenters. The van der Waals surface area contributed by atoms with Crippen LogP contribution < -0.4 is 0 Å². The molecule has 0 amide bonds. The minimum absolute atomic E-state index is 0.0273. The normalized spacial score (nSPS) is 12.1. The van der Waals surface area contributed by atoms with E-state index in [4.69, 9.17) is 19.9 Å². The largest absolute Gasteiger partial charge is 0.309 e. The maximum atomic E-state index is 5.41. The summed E-state index contributed by atoms with van der Waals surface area (Å²) in [7, 11) is 0. The van der Waals surface area contributed by atoms with Gasteiger partial charge in [-0.3, -0.25) is 0 Å². The van der Waals surface area contributed by atoms with Gasteiger partial charge in [0, 0.05) is 82.8 Å². The fourth-order valence-corrected chi connectivity index (χ4v) is 14.9. The Morgan fingerprint density at radius 3 is 1.01 bits per heavy atom. The third-order valence-corrected chi connectivity index (χ3v) is 20.2. The van der Waals surface area contributed by atoms with Crippen LogP contribution in [0, 0.1) is 0 Å². The summed E-state index contributed by atoms with van der Waals surface area (Å²) in [5.74, 6) is 1.34. The molecule has 13 aromatic carbocycles. The van der Waals surface area contributed by atoms with Crippen molar-refractivity contribution in [3.8, 4) is 107 Å². The standard InChI is InChI=1S/C94H71N7/c1-93(2,3)70-44-49-89-79(55-70)80-56-71(94(4,5)6)45-50-90(80)99(89)72-46-41-61(42-47-72)66-29-22-30-68(51-66)92-96-81(62-23-10-7-11-24-62)58-83(97-92)64-39-37-60(38-40-64)67-43-48-88-78(54-67)77-33-18-21-36-87(77)101(88)74-53-69(52-73(57-74)100-85-34-19-16-31-75(85)76-32-17-20-35-86(76)100)84-59-82(63-25-12-8-13-26-63)95-91(98-84)65-27-14-9-15-28-65/h7-59H,1-6H3. The first kappa shape index (κ1) is 60.8. The van der Waals surface area contributed by atoms with Crippen molar-refractivity contribution in [3.05, 3.63) is 333 Å². The van der Waals surface area contributed by atoms with E-state index in [2.05, 4.69) is 346 Å². The number of benzene rings is 13. The molecule has 5 aromatic heterocycles. The smallest absolute Gasteiger partial charge is 0.160 e. The molecule has 0 aliphatic heterocycles. The average Bonchev–Trinajstić information content (AvgIpc) is 1.60. The fraction of sp³-hybridized carbons (Fsp3) is 0.0851. The van der Waals surface area contributed by atoms with Gasteiger partial charge < -0.3 is 13.7 Å². The summed E-state index contributed by atoms with van der Waals surface area (Å²) in [5, 5.41) is 7.29. The first-order valence-electron chi connectivity index (χ1n) is 34.8. The second kappa shape index (κ2) is 24.2. The average molecular weight is 1300 g/mol. The number of hydrogen-bond donors (Lipinski definition) is 0. The number of nitrogens with zero attached hydrogens (tertiary/aromatic N) is 7. The molecule has 0 N–H and O–H groups in total. The van der Waals surface area contributed by atoms with Gasteiger partial charge in [0.1, 0.15) is 0 Å². The molecule has 0 aliphatic carbocycles. The molecule has 7 heteroatoms. The minimum Gasteiger partial charge on any atom is -0.309 e. The molecule has 18 rings (SSSR count). The number of para-hydroxylation sites is 3. The maximum Gasteiger partial charge on any atom is 0.160 e. The van der Waals surface area contributed by atoms with E-state index < -0.39 is 0 Å². The second-order valence-electron chi connectivity index (χ2n) is 28.7. The Labute approximate surface area is 587 Å². The summed E-state index contributed by atoms with van der Waals surface area (Å²) in [6, 6.07) is 116. The molecular weight excluding hydrogens is 1230 g/mol. The van der Waals surface area contributed by atoms with Gasteiger partial charge in [-0.05, 0) is 147 Å². The topological polar surface area (TPSA) is 66.3 Å². The Balaban J connectivity index is 0.710. The first-order valence-corrected chi connectivity index (χ1v) is 34.8. The molecule has 0 fully saturated rings. The zero-order chi connectivity index (χ0) is 68.1. The van der Waals surface area contributed by atoms with Crippen molar-refractivity contribution in [2.45, 2.75) is 52.4 Å².